The average molecular weight is 208 g/mol. The molecule has 1 fully saturated rings. The van der Waals surface area contributed by atoms with Crippen LogP contribution < -0.4 is 10.1 Å². The van der Waals surface area contributed by atoms with Gasteiger partial charge in [-0.1, -0.05) is 0 Å². The molecular formula is C10H16N4O. The van der Waals surface area contributed by atoms with E-state index in [1.54, 1.807) is 19.4 Å². The molecule has 2 rings (SSSR count). The molecule has 5 heteroatoms. The molecule has 1 aliphatic heterocycles. The average Bonchev–Trinajstić information content (AvgIpc) is 2.64. The lowest BCUT2D eigenvalue weighted by Gasteiger charge is -2.12. The first kappa shape index (κ1) is 10.2. The van der Waals surface area contributed by atoms with E-state index < -0.39 is 0 Å². The fraction of sp³-hybridized carbons (Fsp3) is 0.600. The van der Waals surface area contributed by atoms with Gasteiger partial charge in [-0.05, 0) is 20.0 Å². The van der Waals surface area contributed by atoms with Gasteiger partial charge in [-0.25, -0.2) is 4.98 Å². The van der Waals surface area contributed by atoms with Gasteiger partial charge in [0.1, 0.15) is 0 Å². The molecule has 0 radical (unpaired) electrons. The first-order chi connectivity index (χ1) is 7.28. The van der Waals surface area contributed by atoms with Crippen molar-refractivity contribution in [3.05, 3.63) is 12.3 Å². The van der Waals surface area contributed by atoms with Crippen LogP contribution >= 0.6 is 0 Å². The van der Waals surface area contributed by atoms with Gasteiger partial charge in [0, 0.05) is 24.8 Å². The molecule has 1 N–H and O–H groups in total. The highest BCUT2D eigenvalue weighted by Gasteiger charge is 2.19. The van der Waals surface area contributed by atoms with Crippen molar-refractivity contribution >= 4 is 5.95 Å². The fourth-order valence-corrected chi connectivity index (χ4v) is 1.76. The SMILES string of the molecule is COc1ccnc(NC2CCN(C)C2)n1. The van der Waals surface area contributed by atoms with Crippen LogP contribution in [0.3, 0.4) is 0 Å². The lowest BCUT2D eigenvalue weighted by molar-refractivity contribution is 0.397. The number of nitrogens with one attached hydrogen (secondary N) is 1. The van der Waals surface area contributed by atoms with Gasteiger partial charge in [0.25, 0.3) is 0 Å². The van der Waals surface area contributed by atoms with E-state index in [1.165, 1.54) is 0 Å². The van der Waals surface area contributed by atoms with Crippen molar-refractivity contribution in [2.75, 3.05) is 32.6 Å². The minimum atomic E-state index is 0.446. The number of ether oxygens (including phenoxy) is 1. The first-order valence-corrected chi connectivity index (χ1v) is 5.10. The Morgan fingerprint density at radius 2 is 2.47 bits per heavy atom. The van der Waals surface area contributed by atoms with Crippen LogP contribution in [0.4, 0.5) is 5.95 Å². The summed E-state index contributed by atoms with van der Waals surface area (Å²) in [6, 6.07) is 2.19. The topological polar surface area (TPSA) is 50.3 Å². The largest absolute Gasteiger partial charge is 0.481 e. The van der Waals surface area contributed by atoms with Gasteiger partial charge in [0.15, 0.2) is 0 Å². The van der Waals surface area contributed by atoms with Crippen LogP contribution in [0.25, 0.3) is 0 Å². The molecule has 15 heavy (non-hydrogen) atoms. The molecule has 1 atom stereocenters. The summed E-state index contributed by atoms with van der Waals surface area (Å²) in [5.41, 5.74) is 0. The Kier molecular flexibility index (Phi) is 3.01. The fourth-order valence-electron chi connectivity index (χ4n) is 1.76. The molecule has 0 aliphatic carbocycles. The quantitative estimate of drug-likeness (QED) is 0.788. The standard InChI is InChI=1S/C10H16N4O/c1-14-6-4-8(7-14)12-10-11-5-3-9(13-10)15-2/h3,5,8H,4,6-7H2,1-2H3,(H,11,12,13). The first-order valence-electron chi connectivity index (χ1n) is 5.10. The van der Waals surface area contributed by atoms with E-state index >= 15 is 0 Å². The predicted octanol–water partition coefficient (Wildman–Crippen LogP) is 0.601. The number of rotatable bonds is 3. The maximum absolute atomic E-state index is 5.04. The highest BCUT2D eigenvalue weighted by molar-refractivity contribution is 5.29. The van der Waals surface area contributed by atoms with E-state index in [2.05, 4.69) is 27.2 Å². The van der Waals surface area contributed by atoms with Gasteiger partial charge in [0.2, 0.25) is 11.8 Å². The second kappa shape index (κ2) is 4.44. The molecule has 1 unspecified atom stereocenters. The van der Waals surface area contributed by atoms with Gasteiger partial charge < -0.3 is 15.0 Å². The summed E-state index contributed by atoms with van der Waals surface area (Å²) in [5.74, 6) is 1.24. The van der Waals surface area contributed by atoms with E-state index in [0.717, 1.165) is 19.5 Å². The third-order valence-electron chi connectivity index (χ3n) is 2.56. The number of likely N-dealkylation sites (tertiary alicyclic amines) is 1. The zero-order valence-electron chi connectivity index (χ0n) is 9.10. The van der Waals surface area contributed by atoms with Crippen LogP contribution in [0.1, 0.15) is 6.42 Å². The van der Waals surface area contributed by atoms with Gasteiger partial charge in [-0.2, -0.15) is 4.98 Å². The normalized spacial score (nSPS) is 21.6. The van der Waals surface area contributed by atoms with Crippen LogP contribution in [-0.2, 0) is 0 Å². The van der Waals surface area contributed by atoms with Crippen LogP contribution in [0.2, 0.25) is 0 Å². The summed E-state index contributed by atoms with van der Waals surface area (Å²) in [7, 11) is 3.73. The number of hydrogen-bond donors (Lipinski definition) is 1. The summed E-state index contributed by atoms with van der Waals surface area (Å²) < 4.78 is 5.04. The summed E-state index contributed by atoms with van der Waals surface area (Å²) in [5, 5.41) is 3.30. The van der Waals surface area contributed by atoms with Crippen molar-refractivity contribution in [1.29, 1.82) is 0 Å². The number of aromatic nitrogens is 2. The minimum Gasteiger partial charge on any atom is -0.481 e. The van der Waals surface area contributed by atoms with Crippen molar-refractivity contribution in [2.45, 2.75) is 12.5 Å². The van der Waals surface area contributed by atoms with Gasteiger partial charge in [-0.3, -0.25) is 0 Å². The number of methoxy groups -OCH3 is 1. The molecule has 1 aromatic heterocycles. The van der Waals surface area contributed by atoms with Gasteiger partial charge >= 0.3 is 0 Å². The third kappa shape index (κ3) is 2.56. The van der Waals surface area contributed by atoms with Crippen molar-refractivity contribution < 1.29 is 4.74 Å². The molecule has 1 saturated heterocycles. The summed E-state index contributed by atoms with van der Waals surface area (Å²) in [4.78, 5) is 10.7. The Balaban J connectivity index is 1.98. The van der Waals surface area contributed by atoms with Crippen molar-refractivity contribution in [3.8, 4) is 5.88 Å². The van der Waals surface area contributed by atoms with Crippen molar-refractivity contribution in [1.82, 2.24) is 14.9 Å². The molecule has 1 aromatic rings. The summed E-state index contributed by atoms with van der Waals surface area (Å²) in [6.45, 7) is 2.17. The molecule has 5 nitrogen and oxygen atoms in total. The van der Waals surface area contributed by atoms with Gasteiger partial charge in [-0.15, -0.1) is 0 Å². The minimum absolute atomic E-state index is 0.446. The van der Waals surface area contributed by atoms with Crippen LogP contribution in [0.15, 0.2) is 12.3 Å². The van der Waals surface area contributed by atoms with Crippen molar-refractivity contribution in [3.63, 3.8) is 0 Å². The zero-order valence-corrected chi connectivity index (χ0v) is 9.10. The number of nitrogens with zero attached hydrogens (tertiary/aromatic N) is 3. The van der Waals surface area contributed by atoms with E-state index in [9.17, 15) is 0 Å². The number of anilines is 1. The van der Waals surface area contributed by atoms with E-state index in [4.69, 9.17) is 4.74 Å². The Hall–Kier alpha value is -1.36. The molecule has 0 aromatic carbocycles. The van der Waals surface area contributed by atoms with E-state index in [-0.39, 0.29) is 0 Å². The second-order valence-corrected chi connectivity index (χ2v) is 3.81. The Bertz CT molecular complexity index is 331. The van der Waals surface area contributed by atoms with Crippen LogP contribution in [-0.4, -0.2) is 48.2 Å². The van der Waals surface area contributed by atoms with E-state index in [1.807, 2.05) is 0 Å². The predicted molar refractivity (Wildman–Crippen MR) is 58.1 cm³/mol. The maximum atomic E-state index is 5.04. The Labute approximate surface area is 89.5 Å². The molecule has 0 saturated carbocycles. The molecule has 0 bridgehead atoms. The molecule has 2 heterocycles. The summed E-state index contributed by atoms with van der Waals surface area (Å²) in [6.07, 6.45) is 2.84. The van der Waals surface area contributed by atoms with Crippen LogP contribution in [0, 0.1) is 0 Å². The van der Waals surface area contributed by atoms with Crippen LogP contribution in [0.5, 0.6) is 5.88 Å². The lowest BCUT2D eigenvalue weighted by atomic mass is 10.3. The molecular weight excluding hydrogens is 192 g/mol. The number of hydrogen-bond acceptors (Lipinski definition) is 5. The highest BCUT2D eigenvalue weighted by Crippen LogP contribution is 2.13. The zero-order chi connectivity index (χ0) is 10.7. The van der Waals surface area contributed by atoms with Gasteiger partial charge in [0.05, 0.1) is 7.11 Å². The Morgan fingerprint density at radius 1 is 1.60 bits per heavy atom. The monoisotopic (exact) mass is 208 g/mol. The molecule has 0 amide bonds. The molecule has 1 aliphatic rings. The lowest BCUT2D eigenvalue weighted by Crippen LogP contribution is -2.24. The highest BCUT2D eigenvalue weighted by atomic mass is 16.5. The molecule has 82 valence electrons. The number of likely N-dealkylation sites (N-methyl/N-ethyl adjacent to an activating group) is 1. The van der Waals surface area contributed by atoms with E-state index in [0.29, 0.717) is 17.9 Å². The smallest absolute Gasteiger partial charge is 0.226 e. The second-order valence-electron chi connectivity index (χ2n) is 3.81. The maximum Gasteiger partial charge on any atom is 0.226 e. The summed E-state index contributed by atoms with van der Waals surface area (Å²) >= 11 is 0. The third-order valence-corrected chi connectivity index (χ3v) is 2.56. The Morgan fingerprint density at radius 3 is 3.13 bits per heavy atom. The van der Waals surface area contributed by atoms with Crippen molar-refractivity contribution in [2.24, 2.45) is 0 Å². The molecule has 0 spiro atoms.